The Morgan fingerprint density at radius 2 is 1.90 bits per heavy atom. The maximum atomic E-state index is 12.1. The number of rotatable bonds is 4. The van der Waals surface area contributed by atoms with E-state index < -0.39 is 0 Å². The van der Waals surface area contributed by atoms with E-state index in [4.69, 9.17) is 0 Å². The molecule has 0 spiro atoms. The van der Waals surface area contributed by atoms with Crippen LogP contribution in [0.2, 0.25) is 0 Å². The molecule has 0 saturated heterocycles. The van der Waals surface area contributed by atoms with Crippen LogP contribution in [0.4, 0.5) is 0 Å². The summed E-state index contributed by atoms with van der Waals surface area (Å²) in [5.74, 6) is 0.302. The second kappa shape index (κ2) is 6.00. The second-order valence-electron chi connectivity index (χ2n) is 5.49. The number of aryl methyl sites for hydroxylation is 2. The Bertz CT molecular complexity index is 651. The molecule has 2 N–H and O–H groups in total. The van der Waals surface area contributed by atoms with Crippen molar-refractivity contribution in [2.45, 2.75) is 31.7 Å². The summed E-state index contributed by atoms with van der Waals surface area (Å²) in [6.45, 7) is 0. The van der Waals surface area contributed by atoms with Gasteiger partial charge in [-0.15, -0.1) is 0 Å². The standard InChI is InChI=1S/C18H19NO2/c20-17-8-4-2-6-14(17)10-12-18(21)19-16-11-9-13-5-1-3-7-15(13)16/h1-8,16,20H,9-12H2,(H,19,21)/t16-/m1/s1. The summed E-state index contributed by atoms with van der Waals surface area (Å²) in [6.07, 6.45) is 2.96. The number of phenols is 1. The number of carbonyl (C=O) groups is 1. The van der Waals surface area contributed by atoms with Crippen LogP contribution in [0.5, 0.6) is 5.75 Å². The van der Waals surface area contributed by atoms with Crippen molar-refractivity contribution in [2.24, 2.45) is 0 Å². The fraction of sp³-hybridized carbons (Fsp3) is 0.278. The van der Waals surface area contributed by atoms with Gasteiger partial charge in [-0.3, -0.25) is 4.79 Å². The number of phenolic OH excluding ortho intramolecular Hbond substituents is 1. The lowest BCUT2D eigenvalue weighted by Gasteiger charge is -2.14. The normalized spacial score (nSPS) is 16.5. The lowest BCUT2D eigenvalue weighted by molar-refractivity contribution is -0.121. The molecular weight excluding hydrogens is 262 g/mol. The van der Waals surface area contributed by atoms with E-state index >= 15 is 0 Å². The highest BCUT2D eigenvalue weighted by Gasteiger charge is 2.23. The lowest BCUT2D eigenvalue weighted by atomic mass is 10.1. The molecule has 21 heavy (non-hydrogen) atoms. The van der Waals surface area contributed by atoms with Gasteiger partial charge in [-0.1, -0.05) is 42.5 Å². The molecule has 0 radical (unpaired) electrons. The van der Waals surface area contributed by atoms with Crippen LogP contribution in [-0.4, -0.2) is 11.0 Å². The van der Waals surface area contributed by atoms with Crippen LogP contribution >= 0.6 is 0 Å². The molecule has 0 aromatic heterocycles. The molecule has 2 aromatic carbocycles. The van der Waals surface area contributed by atoms with E-state index in [-0.39, 0.29) is 17.7 Å². The molecule has 2 aromatic rings. The second-order valence-corrected chi connectivity index (χ2v) is 5.49. The first-order chi connectivity index (χ1) is 10.2. The Kier molecular flexibility index (Phi) is 3.91. The smallest absolute Gasteiger partial charge is 0.220 e. The Balaban J connectivity index is 1.57. The van der Waals surface area contributed by atoms with Crippen molar-refractivity contribution >= 4 is 5.91 Å². The van der Waals surface area contributed by atoms with E-state index in [9.17, 15) is 9.90 Å². The van der Waals surface area contributed by atoms with Crippen LogP contribution in [0.3, 0.4) is 0 Å². The fourth-order valence-corrected chi connectivity index (χ4v) is 2.94. The molecule has 3 rings (SSSR count). The van der Waals surface area contributed by atoms with Gasteiger partial charge < -0.3 is 10.4 Å². The van der Waals surface area contributed by atoms with Crippen LogP contribution in [0.15, 0.2) is 48.5 Å². The first-order valence-electron chi connectivity index (χ1n) is 7.38. The minimum absolute atomic E-state index is 0.0416. The molecule has 0 unspecified atom stereocenters. The molecule has 1 atom stereocenters. The van der Waals surface area contributed by atoms with Crippen LogP contribution in [0.1, 0.15) is 35.6 Å². The van der Waals surface area contributed by atoms with Crippen LogP contribution in [-0.2, 0) is 17.6 Å². The summed E-state index contributed by atoms with van der Waals surface area (Å²) in [6, 6.07) is 15.6. The third-order valence-electron chi connectivity index (χ3n) is 4.08. The molecule has 0 aliphatic heterocycles. The summed E-state index contributed by atoms with van der Waals surface area (Å²) in [7, 11) is 0. The van der Waals surface area contributed by atoms with Crippen LogP contribution in [0.25, 0.3) is 0 Å². The molecule has 0 heterocycles. The summed E-state index contributed by atoms with van der Waals surface area (Å²) in [4.78, 5) is 12.1. The third-order valence-corrected chi connectivity index (χ3v) is 4.08. The Hall–Kier alpha value is -2.29. The first kappa shape index (κ1) is 13.7. The maximum Gasteiger partial charge on any atom is 0.220 e. The van der Waals surface area contributed by atoms with E-state index in [0.717, 1.165) is 18.4 Å². The molecule has 1 aliphatic carbocycles. The third kappa shape index (κ3) is 3.07. The molecule has 0 fully saturated rings. The Labute approximate surface area is 124 Å². The van der Waals surface area contributed by atoms with Gasteiger partial charge in [-0.25, -0.2) is 0 Å². The Morgan fingerprint density at radius 1 is 1.14 bits per heavy atom. The van der Waals surface area contributed by atoms with Crippen molar-refractivity contribution in [3.8, 4) is 5.75 Å². The Morgan fingerprint density at radius 3 is 2.76 bits per heavy atom. The highest BCUT2D eigenvalue weighted by atomic mass is 16.3. The van der Waals surface area contributed by atoms with Gasteiger partial charge >= 0.3 is 0 Å². The number of amides is 1. The van der Waals surface area contributed by atoms with Gasteiger partial charge in [0.25, 0.3) is 0 Å². The molecule has 0 saturated carbocycles. The molecule has 0 bridgehead atoms. The molecule has 3 nitrogen and oxygen atoms in total. The van der Waals surface area contributed by atoms with Gasteiger partial charge in [-0.05, 0) is 42.0 Å². The van der Waals surface area contributed by atoms with E-state index in [1.54, 1.807) is 12.1 Å². The average Bonchev–Trinajstić information content (AvgIpc) is 2.90. The minimum Gasteiger partial charge on any atom is -0.508 e. The number of hydrogen-bond donors (Lipinski definition) is 2. The first-order valence-corrected chi connectivity index (χ1v) is 7.38. The monoisotopic (exact) mass is 281 g/mol. The van der Waals surface area contributed by atoms with Crippen LogP contribution in [0, 0.1) is 0 Å². The zero-order valence-corrected chi connectivity index (χ0v) is 11.9. The van der Waals surface area contributed by atoms with E-state index in [1.807, 2.05) is 24.3 Å². The topological polar surface area (TPSA) is 49.3 Å². The van der Waals surface area contributed by atoms with Gasteiger partial charge in [0.1, 0.15) is 5.75 Å². The molecular formula is C18H19NO2. The minimum atomic E-state index is 0.0416. The number of nitrogens with one attached hydrogen (secondary N) is 1. The maximum absolute atomic E-state index is 12.1. The number of aromatic hydroxyl groups is 1. The molecule has 1 amide bonds. The number of hydrogen-bond acceptors (Lipinski definition) is 2. The van der Waals surface area contributed by atoms with Gasteiger partial charge in [0.2, 0.25) is 5.91 Å². The zero-order chi connectivity index (χ0) is 14.7. The van der Waals surface area contributed by atoms with Crippen molar-refractivity contribution in [3.05, 3.63) is 65.2 Å². The van der Waals surface area contributed by atoms with Crippen LogP contribution < -0.4 is 5.32 Å². The predicted octanol–water partition coefficient (Wildman–Crippen LogP) is 3.13. The number of fused-ring (bicyclic) bond motifs is 1. The number of carbonyl (C=O) groups excluding carboxylic acids is 1. The summed E-state index contributed by atoms with van der Waals surface area (Å²) >= 11 is 0. The van der Waals surface area contributed by atoms with Gasteiger partial charge in [-0.2, -0.15) is 0 Å². The van der Waals surface area contributed by atoms with Crippen molar-refractivity contribution in [1.29, 1.82) is 0 Å². The summed E-state index contributed by atoms with van der Waals surface area (Å²) < 4.78 is 0. The molecule has 108 valence electrons. The molecule has 3 heteroatoms. The highest BCUT2D eigenvalue weighted by molar-refractivity contribution is 5.77. The fourth-order valence-electron chi connectivity index (χ4n) is 2.94. The zero-order valence-electron chi connectivity index (χ0n) is 11.9. The van der Waals surface area contributed by atoms with Crippen molar-refractivity contribution in [2.75, 3.05) is 0 Å². The van der Waals surface area contributed by atoms with E-state index in [0.29, 0.717) is 12.8 Å². The lowest BCUT2D eigenvalue weighted by Crippen LogP contribution is -2.27. The highest BCUT2D eigenvalue weighted by Crippen LogP contribution is 2.30. The average molecular weight is 281 g/mol. The largest absolute Gasteiger partial charge is 0.508 e. The van der Waals surface area contributed by atoms with Crippen molar-refractivity contribution in [3.63, 3.8) is 0 Å². The summed E-state index contributed by atoms with van der Waals surface area (Å²) in [5, 5.41) is 12.8. The predicted molar refractivity (Wildman–Crippen MR) is 82.1 cm³/mol. The van der Waals surface area contributed by atoms with E-state index in [2.05, 4.69) is 17.4 Å². The van der Waals surface area contributed by atoms with Gasteiger partial charge in [0.15, 0.2) is 0 Å². The van der Waals surface area contributed by atoms with Gasteiger partial charge in [0.05, 0.1) is 6.04 Å². The SMILES string of the molecule is O=C(CCc1ccccc1O)N[C@@H]1CCc2ccccc21. The van der Waals surface area contributed by atoms with E-state index in [1.165, 1.54) is 11.1 Å². The summed E-state index contributed by atoms with van der Waals surface area (Å²) in [5.41, 5.74) is 3.40. The number of para-hydroxylation sites is 1. The van der Waals surface area contributed by atoms with Gasteiger partial charge in [0, 0.05) is 6.42 Å². The van der Waals surface area contributed by atoms with Crippen molar-refractivity contribution in [1.82, 2.24) is 5.32 Å². The molecule has 1 aliphatic rings. The van der Waals surface area contributed by atoms with Crippen molar-refractivity contribution < 1.29 is 9.90 Å². The number of benzene rings is 2. The quantitative estimate of drug-likeness (QED) is 0.904.